The fourth-order valence-electron chi connectivity index (χ4n) is 3.64. The summed E-state index contributed by atoms with van der Waals surface area (Å²) in [5, 5.41) is 24.5. The third-order valence-electron chi connectivity index (χ3n) is 5.71. The van der Waals surface area contributed by atoms with Crippen LogP contribution >= 0.6 is 0 Å². The molecule has 2 aromatic rings. The summed E-state index contributed by atoms with van der Waals surface area (Å²) in [6, 6.07) is 16.7. The summed E-state index contributed by atoms with van der Waals surface area (Å²) in [5.74, 6) is -1.59. The summed E-state index contributed by atoms with van der Waals surface area (Å²) in [4.78, 5) is 57.9. The van der Waals surface area contributed by atoms with Crippen molar-refractivity contribution in [1.29, 1.82) is 0 Å². The van der Waals surface area contributed by atoms with Crippen molar-refractivity contribution < 1.29 is 43.9 Å². The number of carbonyl (C=O) groups excluding carboxylic acids is 5. The largest absolute Gasteiger partial charge is 0.445 e. The molecule has 44 heavy (non-hydrogen) atoms. The van der Waals surface area contributed by atoms with Crippen LogP contribution in [0.5, 0.6) is 0 Å². The Kier molecular flexibility index (Phi) is 17.9. The fourth-order valence-corrected chi connectivity index (χ4v) is 3.64. The number of benzene rings is 2. The van der Waals surface area contributed by atoms with Gasteiger partial charge in [-0.2, -0.15) is 0 Å². The van der Waals surface area contributed by atoms with Crippen LogP contribution in [0, 0.1) is 11.8 Å². The second-order valence-electron chi connectivity index (χ2n) is 10.5. The van der Waals surface area contributed by atoms with Crippen LogP contribution in [0.2, 0.25) is 0 Å². The SMILES string of the molecule is CC(C)C[C@@H](NC(=O)CNC(=O)OCc1ccccc1)C(=O)NO.CC(C)C[C@@H](NC(=O)OCc1ccccc1)C(=O)NO. The summed E-state index contributed by atoms with van der Waals surface area (Å²) in [7, 11) is 0. The molecule has 0 aliphatic rings. The number of rotatable bonds is 14. The second kappa shape index (κ2) is 21.1. The molecule has 0 aliphatic heterocycles. The number of nitrogens with one attached hydrogen (secondary N) is 5. The predicted molar refractivity (Wildman–Crippen MR) is 159 cm³/mol. The minimum absolute atomic E-state index is 0.0944. The van der Waals surface area contributed by atoms with Crippen LogP contribution < -0.4 is 26.9 Å². The minimum atomic E-state index is -0.871. The first-order valence-corrected chi connectivity index (χ1v) is 14.0. The number of alkyl carbamates (subject to hydrolysis) is 2. The van der Waals surface area contributed by atoms with E-state index in [1.54, 1.807) is 5.48 Å². The highest BCUT2D eigenvalue weighted by Crippen LogP contribution is 2.07. The van der Waals surface area contributed by atoms with Crippen molar-refractivity contribution in [1.82, 2.24) is 26.9 Å². The normalized spacial score (nSPS) is 11.6. The molecule has 14 nitrogen and oxygen atoms in total. The molecule has 7 N–H and O–H groups in total. The third kappa shape index (κ3) is 16.7. The lowest BCUT2D eigenvalue weighted by Crippen LogP contribution is -2.49. The average Bonchev–Trinajstić information content (AvgIpc) is 3.01. The number of hydrogen-bond acceptors (Lipinski definition) is 9. The van der Waals surface area contributed by atoms with Crippen LogP contribution in [0.25, 0.3) is 0 Å². The van der Waals surface area contributed by atoms with Crippen LogP contribution in [0.4, 0.5) is 9.59 Å². The molecule has 242 valence electrons. The number of amides is 5. The first-order chi connectivity index (χ1) is 20.9. The molecule has 2 atom stereocenters. The van der Waals surface area contributed by atoms with E-state index < -0.39 is 42.0 Å². The molecule has 2 aromatic carbocycles. The van der Waals surface area contributed by atoms with Crippen LogP contribution in [0.15, 0.2) is 60.7 Å². The molecular formula is C30H43N5O9. The maximum absolute atomic E-state index is 11.8. The van der Waals surface area contributed by atoms with Crippen molar-refractivity contribution in [2.45, 2.75) is 65.8 Å². The van der Waals surface area contributed by atoms with Gasteiger partial charge in [-0.05, 0) is 35.8 Å². The van der Waals surface area contributed by atoms with E-state index in [1.165, 1.54) is 5.48 Å². The molecule has 0 bridgehead atoms. The topological polar surface area (TPSA) is 204 Å². The van der Waals surface area contributed by atoms with Crippen molar-refractivity contribution in [3.63, 3.8) is 0 Å². The second-order valence-corrected chi connectivity index (χ2v) is 10.5. The fraction of sp³-hybridized carbons (Fsp3) is 0.433. The first kappa shape index (κ1) is 37.3. The Morgan fingerprint density at radius 1 is 0.636 bits per heavy atom. The summed E-state index contributed by atoms with van der Waals surface area (Å²) in [6.45, 7) is 7.47. The number of hydroxylamine groups is 2. The van der Waals surface area contributed by atoms with Gasteiger partial charge >= 0.3 is 12.2 Å². The third-order valence-corrected chi connectivity index (χ3v) is 5.71. The smallest absolute Gasteiger partial charge is 0.408 e. The number of ether oxygens (including phenoxy) is 2. The van der Waals surface area contributed by atoms with E-state index in [0.29, 0.717) is 12.8 Å². The minimum Gasteiger partial charge on any atom is -0.445 e. The first-order valence-electron chi connectivity index (χ1n) is 14.0. The van der Waals surface area contributed by atoms with Crippen molar-refractivity contribution >= 4 is 29.9 Å². The Balaban J connectivity index is 0.000000447. The molecule has 0 aromatic heterocycles. The van der Waals surface area contributed by atoms with E-state index in [0.717, 1.165) is 11.1 Å². The lowest BCUT2D eigenvalue weighted by molar-refractivity contribution is -0.134. The average molecular weight is 618 g/mol. The van der Waals surface area contributed by atoms with E-state index in [1.807, 2.05) is 88.4 Å². The van der Waals surface area contributed by atoms with E-state index in [2.05, 4.69) is 16.0 Å². The van der Waals surface area contributed by atoms with Gasteiger partial charge in [0, 0.05) is 0 Å². The van der Waals surface area contributed by atoms with Gasteiger partial charge in [0.1, 0.15) is 31.8 Å². The number of carbonyl (C=O) groups is 5. The predicted octanol–water partition coefficient (Wildman–Crippen LogP) is 2.78. The maximum Gasteiger partial charge on any atom is 0.408 e. The van der Waals surface area contributed by atoms with Gasteiger partial charge in [0.05, 0.1) is 0 Å². The Hall–Kier alpha value is -4.69. The quantitative estimate of drug-likeness (QED) is 0.123. The van der Waals surface area contributed by atoms with Crippen molar-refractivity contribution in [2.24, 2.45) is 11.8 Å². The maximum atomic E-state index is 11.8. The van der Waals surface area contributed by atoms with Gasteiger partial charge < -0.3 is 25.4 Å². The molecule has 5 amide bonds. The zero-order valence-corrected chi connectivity index (χ0v) is 25.4. The van der Waals surface area contributed by atoms with Crippen molar-refractivity contribution in [3.8, 4) is 0 Å². The molecule has 0 fully saturated rings. The highest BCUT2D eigenvalue weighted by Gasteiger charge is 2.23. The van der Waals surface area contributed by atoms with Crippen LogP contribution in [0.1, 0.15) is 51.7 Å². The summed E-state index contributed by atoms with van der Waals surface area (Å²) in [5.41, 5.74) is 4.74. The van der Waals surface area contributed by atoms with Gasteiger partial charge in [-0.1, -0.05) is 88.4 Å². The molecule has 0 heterocycles. The molecule has 2 rings (SSSR count). The van der Waals surface area contributed by atoms with Crippen molar-refractivity contribution in [2.75, 3.05) is 6.54 Å². The zero-order valence-electron chi connectivity index (χ0n) is 25.4. The molecule has 14 heteroatoms. The van der Waals surface area contributed by atoms with Gasteiger partial charge in [-0.25, -0.2) is 20.5 Å². The Labute approximate surface area is 256 Å². The van der Waals surface area contributed by atoms with Crippen molar-refractivity contribution in [3.05, 3.63) is 71.8 Å². The lowest BCUT2D eigenvalue weighted by atomic mass is 10.0. The van der Waals surface area contributed by atoms with Crippen LogP contribution in [0.3, 0.4) is 0 Å². The van der Waals surface area contributed by atoms with Crippen LogP contribution in [-0.2, 0) is 37.1 Å². The summed E-state index contributed by atoms with van der Waals surface area (Å²) < 4.78 is 9.99. The van der Waals surface area contributed by atoms with Crippen LogP contribution in [-0.4, -0.2) is 59.0 Å². The lowest BCUT2D eigenvalue weighted by Gasteiger charge is -2.18. The zero-order chi connectivity index (χ0) is 32.9. The molecule has 0 aliphatic carbocycles. The highest BCUT2D eigenvalue weighted by atomic mass is 16.6. The summed E-state index contributed by atoms with van der Waals surface area (Å²) >= 11 is 0. The summed E-state index contributed by atoms with van der Waals surface area (Å²) in [6.07, 6.45) is -0.659. The Morgan fingerprint density at radius 2 is 1.05 bits per heavy atom. The van der Waals surface area contributed by atoms with E-state index >= 15 is 0 Å². The Morgan fingerprint density at radius 3 is 1.45 bits per heavy atom. The highest BCUT2D eigenvalue weighted by molar-refractivity contribution is 5.89. The molecule has 0 spiro atoms. The van der Waals surface area contributed by atoms with Gasteiger partial charge in [-0.15, -0.1) is 0 Å². The molecule has 0 unspecified atom stereocenters. The molecule has 0 radical (unpaired) electrons. The molecule has 0 saturated carbocycles. The Bertz CT molecular complexity index is 1160. The monoisotopic (exact) mass is 617 g/mol. The van der Waals surface area contributed by atoms with E-state index in [4.69, 9.17) is 19.9 Å². The van der Waals surface area contributed by atoms with Gasteiger partial charge in [0.15, 0.2) is 0 Å². The standard InChI is InChI=1S/C16H23N3O5.C14H20N2O4/c1-11(2)8-13(15(21)19-23)18-14(20)9-17-16(22)24-10-12-6-4-3-5-7-12;1-10(2)8-12(13(17)16-19)15-14(18)20-9-11-6-4-3-5-7-11/h3-7,11,13,23H,8-10H2,1-2H3,(H,17,22)(H,18,20)(H,19,21);3-7,10,12,19H,8-9H2,1-2H3,(H,15,18)(H,16,17)/t13-;12-/m11/s1. The van der Waals surface area contributed by atoms with E-state index in [9.17, 15) is 24.0 Å². The van der Waals surface area contributed by atoms with Gasteiger partial charge in [0.2, 0.25) is 5.91 Å². The molecule has 0 saturated heterocycles. The number of hydrogen-bond donors (Lipinski definition) is 7. The van der Waals surface area contributed by atoms with Gasteiger partial charge in [-0.3, -0.25) is 24.8 Å². The molecular weight excluding hydrogens is 574 g/mol. The van der Waals surface area contributed by atoms with Gasteiger partial charge in [0.25, 0.3) is 11.8 Å². The van der Waals surface area contributed by atoms with E-state index in [-0.39, 0.29) is 31.6 Å².